The van der Waals surface area contributed by atoms with Gasteiger partial charge < -0.3 is 29.4 Å². The van der Waals surface area contributed by atoms with Crippen LogP contribution >= 0.6 is 0 Å². The van der Waals surface area contributed by atoms with Crippen molar-refractivity contribution in [3.05, 3.63) is 98.7 Å². The molecule has 5 rings (SSSR count). The SMILES string of the molecule is CO[C@H]1C[C@H](O)[C@H](C)N2C[C@H]1n1cc(C(=O)NCc3c(F)cc(F)cc3F)c(=O)c(OCc3ccccc3)c1C2=O. The maximum atomic E-state index is 14.2. The Kier molecular flexibility index (Phi) is 7.87. The molecule has 1 saturated heterocycles. The summed E-state index contributed by atoms with van der Waals surface area (Å²) in [6.07, 6.45) is -0.115. The summed E-state index contributed by atoms with van der Waals surface area (Å²) in [7, 11) is 1.46. The van der Waals surface area contributed by atoms with Gasteiger partial charge in [0.15, 0.2) is 11.4 Å². The number of ether oxygens (including phenoxy) is 2. The lowest BCUT2D eigenvalue weighted by atomic mass is 10.0. The largest absolute Gasteiger partial charge is 0.483 e. The number of carbonyl (C=O) groups is 2. The average molecular weight is 572 g/mol. The number of aliphatic hydroxyl groups excluding tert-OH is 1. The smallest absolute Gasteiger partial charge is 0.274 e. The van der Waals surface area contributed by atoms with Gasteiger partial charge in [0.25, 0.3) is 11.8 Å². The number of nitrogens with zero attached hydrogens (tertiary/aromatic N) is 2. The van der Waals surface area contributed by atoms with Crippen LogP contribution in [-0.2, 0) is 17.9 Å². The number of methoxy groups -OCH3 is 1. The van der Waals surface area contributed by atoms with E-state index < -0.39 is 76.7 Å². The number of rotatable bonds is 7. The molecule has 2 aliphatic heterocycles. The molecule has 1 aromatic heterocycles. The van der Waals surface area contributed by atoms with Crippen molar-refractivity contribution >= 4 is 11.8 Å². The quantitative estimate of drug-likeness (QED) is 0.452. The molecule has 4 atom stereocenters. The van der Waals surface area contributed by atoms with Gasteiger partial charge in [-0.15, -0.1) is 0 Å². The molecule has 2 bridgehead atoms. The van der Waals surface area contributed by atoms with Gasteiger partial charge in [-0.25, -0.2) is 13.2 Å². The van der Waals surface area contributed by atoms with Gasteiger partial charge in [-0.05, 0) is 12.5 Å². The van der Waals surface area contributed by atoms with Crippen molar-refractivity contribution < 1.29 is 37.3 Å². The summed E-state index contributed by atoms with van der Waals surface area (Å²) in [5, 5.41) is 13.0. The number of nitrogens with one attached hydrogen (secondary N) is 1. The monoisotopic (exact) mass is 571 g/mol. The highest BCUT2D eigenvalue weighted by atomic mass is 19.1. The number of hydrogen-bond acceptors (Lipinski definition) is 6. The van der Waals surface area contributed by atoms with Crippen molar-refractivity contribution in [1.82, 2.24) is 14.8 Å². The van der Waals surface area contributed by atoms with Gasteiger partial charge in [0.2, 0.25) is 5.43 Å². The third-order valence-corrected chi connectivity index (χ3v) is 7.65. The van der Waals surface area contributed by atoms with Crippen molar-refractivity contribution in [2.75, 3.05) is 13.7 Å². The normalized spacial score (nSPS) is 21.7. The molecule has 216 valence electrons. The molecule has 3 aromatic rings. The van der Waals surface area contributed by atoms with E-state index in [0.29, 0.717) is 17.7 Å². The zero-order valence-corrected chi connectivity index (χ0v) is 22.3. The van der Waals surface area contributed by atoms with Crippen LogP contribution in [0.25, 0.3) is 0 Å². The van der Waals surface area contributed by atoms with E-state index in [9.17, 15) is 32.7 Å². The Hall–Kier alpha value is -4.16. The van der Waals surface area contributed by atoms with Gasteiger partial charge in [-0.2, -0.15) is 0 Å². The standard InChI is InChI=1S/C29H28F3N3O6/c1-15-23(36)10-24(40-2)22-13-34(15)29(39)25-27(41-14-16-6-4-3-5-7-16)26(37)19(12-35(22)25)28(38)33-11-18-20(31)8-17(30)9-21(18)32/h3-9,12,15,22-24,36H,10-11,13-14H2,1-2H3,(H,33,38)/t15-,22+,23-,24-/m0/s1. The van der Waals surface area contributed by atoms with Crippen LogP contribution in [-0.4, -0.2) is 58.3 Å². The van der Waals surface area contributed by atoms with E-state index in [1.54, 1.807) is 37.3 Å². The Morgan fingerprint density at radius 1 is 1.12 bits per heavy atom. The Labute approximate surface area is 233 Å². The highest BCUT2D eigenvalue weighted by Crippen LogP contribution is 2.36. The summed E-state index contributed by atoms with van der Waals surface area (Å²) in [5.41, 5.74) is -1.33. The van der Waals surface area contributed by atoms with Crippen LogP contribution in [0.1, 0.15) is 51.4 Å². The second kappa shape index (κ2) is 11.4. The van der Waals surface area contributed by atoms with Gasteiger partial charge in [0, 0.05) is 50.5 Å². The zero-order valence-electron chi connectivity index (χ0n) is 22.3. The molecule has 0 saturated carbocycles. The topological polar surface area (TPSA) is 110 Å². The maximum absolute atomic E-state index is 14.2. The number of aliphatic hydroxyl groups is 1. The third-order valence-electron chi connectivity index (χ3n) is 7.65. The second-order valence-corrected chi connectivity index (χ2v) is 10.1. The van der Waals surface area contributed by atoms with Crippen molar-refractivity contribution in [3.63, 3.8) is 0 Å². The van der Waals surface area contributed by atoms with E-state index in [4.69, 9.17) is 9.47 Å². The number of pyridine rings is 1. The molecular formula is C29H28F3N3O6. The van der Waals surface area contributed by atoms with Crippen molar-refractivity contribution in [1.29, 1.82) is 0 Å². The first-order valence-electron chi connectivity index (χ1n) is 13.0. The van der Waals surface area contributed by atoms with Crippen molar-refractivity contribution in [3.8, 4) is 5.75 Å². The van der Waals surface area contributed by atoms with E-state index >= 15 is 0 Å². The zero-order chi connectivity index (χ0) is 29.4. The molecule has 9 nitrogen and oxygen atoms in total. The maximum Gasteiger partial charge on any atom is 0.274 e. The molecule has 0 unspecified atom stereocenters. The highest BCUT2D eigenvalue weighted by Gasteiger charge is 2.45. The fraction of sp³-hybridized carbons (Fsp3) is 0.345. The average Bonchev–Trinajstić information content (AvgIpc) is 3.05. The molecule has 0 radical (unpaired) electrons. The predicted molar refractivity (Wildman–Crippen MR) is 140 cm³/mol. The van der Waals surface area contributed by atoms with E-state index in [2.05, 4.69) is 5.32 Å². The number of benzene rings is 2. The van der Waals surface area contributed by atoms with Crippen molar-refractivity contribution in [2.45, 2.75) is 50.8 Å². The van der Waals surface area contributed by atoms with Gasteiger partial charge in [-0.3, -0.25) is 14.4 Å². The van der Waals surface area contributed by atoms with Gasteiger partial charge in [0.1, 0.15) is 29.6 Å². The van der Waals surface area contributed by atoms with E-state index in [-0.39, 0.29) is 31.0 Å². The van der Waals surface area contributed by atoms with Crippen LogP contribution in [0.4, 0.5) is 13.2 Å². The third kappa shape index (κ3) is 5.32. The van der Waals surface area contributed by atoms with Crippen molar-refractivity contribution in [2.24, 2.45) is 0 Å². The first kappa shape index (κ1) is 28.4. The van der Waals surface area contributed by atoms with E-state index in [1.807, 2.05) is 0 Å². The van der Waals surface area contributed by atoms with Gasteiger partial charge in [0.05, 0.1) is 24.3 Å². The lowest BCUT2D eigenvalue weighted by molar-refractivity contribution is 0.0213. The molecule has 1 fully saturated rings. The van der Waals surface area contributed by atoms with Gasteiger partial charge >= 0.3 is 0 Å². The van der Waals surface area contributed by atoms with Gasteiger partial charge in [-0.1, -0.05) is 30.3 Å². The van der Waals surface area contributed by atoms with E-state index in [1.165, 1.54) is 22.8 Å². The first-order chi connectivity index (χ1) is 19.6. The second-order valence-electron chi connectivity index (χ2n) is 10.1. The Morgan fingerprint density at radius 3 is 2.46 bits per heavy atom. The minimum atomic E-state index is -1.20. The summed E-state index contributed by atoms with van der Waals surface area (Å²) in [6.45, 7) is 1.07. The Morgan fingerprint density at radius 2 is 1.80 bits per heavy atom. The number of aromatic nitrogens is 1. The first-order valence-corrected chi connectivity index (χ1v) is 13.0. The summed E-state index contributed by atoms with van der Waals surface area (Å²) in [4.78, 5) is 42.1. The number of fused-ring (bicyclic) bond motifs is 4. The minimum Gasteiger partial charge on any atom is -0.483 e. The summed E-state index contributed by atoms with van der Waals surface area (Å²) >= 11 is 0. The van der Waals surface area contributed by atoms with Crippen LogP contribution in [0.5, 0.6) is 5.75 Å². The number of hydrogen-bond donors (Lipinski definition) is 2. The molecule has 0 spiro atoms. The fourth-order valence-corrected chi connectivity index (χ4v) is 5.32. The Bertz CT molecular complexity index is 1520. The molecule has 3 heterocycles. The fourth-order valence-electron chi connectivity index (χ4n) is 5.32. The molecule has 0 aliphatic carbocycles. The number of amides is 2. The highest BCUT2D eigenvalue weighted by molar-refractivity contribution is 5.99. The summed E-state index contributed by atoms with van der Waals surface area (Å²) in [5.74, 6) is -5.43. The van der Waals surface area contributed by atoms with E-state index in [0.717, 1.165) is 0 Å². The number of halogens is 3. The molecule has 2 N–H and O–H groups in total. The summed E-state index contributed by atoms with van der Waals surface area (Å²) < 4.78 is 54.7. The lowest BCUT2D eigenvalue weighted by Gasteiger charge is -2.39. The lowest BCUT2D eigenvalue weighted by Crippen LogP contribution is -2.51. The van der Waals surface area contributed by atoms with Crippen LogP contribution in [0.2, 0.25) is 0 Å². The summed E-state index contributed by atoms with van der Waals surface area (Å²) in [6, 6.07) is 8.66. The molecular weight excluding hydrogens is 543 g/mol. The van der Waals surface area contributed by atoms with Crippen LogP contribution < -0.4 is 15.5 Å². The van der Waals surface area contributed by atoms with Crippen LogP contribution in [0.3, 0.4) is 0 Å². The van der Waals surface area contributed by atoms with Crippen LogP contribution in [0, 0.1) is 17.5 Å². The Balaban J connectivity index is 1.59. The predicted octanol–water partition coefficient (Wildman–Crippen LogP) is 2.94. The van der Waals surface area contributed by atoms with Crippen LogP contribution in [0.15, 0.2) is 53.5 Å². The molecule has 2 aromatic carbocycles. The molecule has 2 amide bonds. The number of carbonyl (C=O) groups excluding carboxylic acids is 2. The minimum absolute atomic E-state index is 0.0933. The molecule has 2 aliphatic rings. The molecule has 12 heteroatoms. The molecule has 41 heavy (non-hydrogen) atoms.